The van der Waals surface area contributed by atoms with Gasteiger partial charge in [0.1, 0.15) is 0 Å². The predicted molar refractivity (Wildman–Crippen MR) is 107 cm³/mol. The minimum atomic E-state index is -1.12. The quantitative estimate of drug-likeness (QED) is 0.567. The minimum absolute atomic E-state index is 0. The summed E-state index contributed by atoms with van der Waals surface area (Å²) in [4.78, 5) is 2.24. The smallest absolute Gasteiger partial charge is 0.317 e. The van der Waals surface area contributed by atoms with Gasteiger partial charge in [-0.15, -0.1) is 0 Å². The van der Waals surface area contributed by atoms with Crippen LogP contribution in [0.25, 0.3) is 0 Å². The summed E-state index contributed by atoms with van der Waals surface area (Å²) in [6.07, 6.45) is 0. The van der Waals surface area contributed by atoms with Gasteiger partial charge in [-0.1, -0.05) is 39.3 Å². The maximum absolute atomic E-state index is 2.40. The standard InChI is InChI=1S/C11H20NSi.C8H13Si.Fe/c1-12(2)9-10-7-6-8-11(10)13(3,4)5;1-9(2,3)8-6-4-5-7-8;/h6-8H,9H2,1-5H3;4-7H,1-3H3;/q2*-1;+2. The summed E-state index contributed by atoms with van der Waals surface area (Å²) in [5.41, 5.74) is 1.52. The zero-order valence-corrected chi connectivity index (χ0v) is 19.2. The zero-order chi connectivity index (χ0) is 17.0. The molecule has 2 aromatic rings. The summed E-state index contributed by atoms with van der Waals surface area (Å²) >= 11 is 0. The van der Waals surface area contributed by atoms with E-state index >= 15 is 0 Å². The molecule has 0 saturated carbocycles. The van der Waals surface area contributed by atoms with Crippen molar-refractivity contribution in [3.63, 3.8) is 0 Å². The van der Waals surface area contributed by atoms with E-state index in [2.05, 4.69) is 101 Å². The van der Waals surface area contributed by atoms with Gasteiger partial charge < -0.3 is 4.90 Å². The van der Waals surface area contributed by atoms with Gasteiger partial charge in [0, 0.05) is 8.07 Å². The Morgan fingerprint density at radius 3 is 1.87 bits per heavy atom. The van der Waals surface area contributed by atoms with E-state index < -0.39 is 16.1 Å². The molecule has 2 aromatic carbocycles. The fourth-order valence-electron chi connectivity index (χ4n) is 2.54. The van der Waals surface area contributed by atoms with E-state index in [1.54, 1.807) is 10.4 Å². The number of rotatable bonds is 4. The van der Waals surface area contributed by atoms with Crippen LogP contribution < -0.4 is 10.4 Å². The molecule has 0 atom stereocenters. The van der Waals surface area contributed by atoms with Crippen LogP contribution in [0, 0.1) is 0 Å². The third-order valence-electron chi connectivity index (χ3n) is 3.73. The van der Waals surface area contributed by atoms with Crippen molar-refractivity contribution in [3.8, 4) is 0 Å². The van der Waals surface area contributed by atoms with Crippen LogP contribution in [0.4, 0.5) is 0 Å². The fraction of sp³-hybridized carbons (Fsp3) is 0.474. The molecule has 4 heteroatoms. The van der Waals surface area contributed by atoms with Crippen LogP contribution in [-0.4, -0.2) is 35.1 Å². The van der Waals surface area contributed by atoms with Gasteiger partial charge in [0.15, 0.2) is 0 Å². The second-order valence-electron chi connectivity index (χ2n) is 8.38. The van der Waals surface area contributed by atoms with Crippen LogP contribution in [-0.2, 0) is 23.6 Å². The van der Waals surface area contributed by atoms with Crippen LogP contribution in [0.1, 0.15) is 5.56 Å². The molecule has 23 heavy (non-hydrogen) atoms. The van der Waals surface area contributed by atoms with Crippen LogP contribution in [0.3, 0.4) is 0 Å². The monoisotopic (exact) mass is 387 g/mol. The molecule has 0 spiro atoms. The Balaban J connectivity index is 0.000000427. The van der Waals surface area contributed by atoms with Crippen LogP contribution in [0.2, 0.25) is 39.3 Å². The summed E-state index contributed by atoms with van der Waals surface area (Å²) in [5, 5.41) is 3.17. The van der Waals surface area contributed by atoms with Crippen molar-refractivity contribution in [2.45, 2.75) is 45.8 Å². The van der Waals surface area contributed by atoms with E-state index in [-0.39, 0.29) is 17.1 Å². The van der Waals surface area contributed by atoms with E-state index in [1.807, 2.05) is 0 Å². The largest absolute Gasteiger partial charge is 2.00 e. The van der Waals surface area contributed by atoms with E-state index in [0.717, 1.165) is 6.54 Å². The summed E-state index contributed by atoms with van der Waals surface area (Å²) in [5.74, 6) is 0. The van der Waals surface area contributed by atoms with E-state index in [0.29, 0.717) is 0 Å². The van der Waals surface area contributed by atoms with Gasteiger partial charge in [-0.25, -0.2) is 17.3 Å². The molecule has 0 aliphatic rings. The molecular formula is C19H33FeNSi2. The molecule has 0 fully saturated rings. The fourth-order valence-corrected chi connectivity index (χ4v) is 5.46. The maximum Gasteiger partial charge on any atom is 2.00 e. The number of nitrogens with zero attached hydrogens (tertiary/aromatic N) is 1. The Kier molecular flexibility index (Phi) is 9.03. The average molecular weight is 387 g/mol. The Morgan fingerprint density at radius 1 is 0.913 bits per heavy atom. The first-order valence-corrected chi connectivity index (χ1v) is 15.1. The molecule has 0 bridgehead atoms. The third-order valence-corrected chi connectivity index (χ3v) is 7.90. The molecule has 0 radical (unpaired) electrons. The number of hydrogen-bond donors (Lipinski definition) is 0. The molecule has 0 N–H and O–H groups in total. The first-order chi connectivity index (χ1) is 10.0. The number of hydrogen-bond acceptors (Lipinski definition) is 1. The van der Waals surface area contributed by atoms with Gasteiger partial charge in [0.05, 0.1) is 8.07 Å². The Labute approximate surface area is 156 Å². The van der Waals surface area contributed by atoms with Gasteiger partial charge in [-0.2, -0.15) is 41.1 Å². The summed E-state index contributed by atoms with van der Waals surface area (Å²) < 4.78 is 0. The van der Waals surface area contributed by atoms with Crippen molar-refractivity contribution in [2.24, 2.45) is 0 Å². The normalized spacial score (nSPS) is 11.7. The molecule has 0 aliphatic carbocycles. The molecule has 0 unspecified atom stereocenters. The van der Waals surface area contributed by atoms with Crippen molar-refractivity contribution in [2.75, 3.05) is 14.1 Å². The Bertz CT molecular complexity index is 543. The molecule has 0 heterocycles. The molecule has 0 amide bonds. The van der Waals surface area contributed by atoms with E-state index in [9.17, 15) is 0 Å². The summed E-state index contributed by atoms with van der Waals surface area (Å²) in [7, 11) is 2.15. The second-order valence-corrected chi connectivity index (χ2v) is 18.5. The van der Waals surface area contributed by atoms with Gasteiger partial charge in [0.2, 0.25) is 0 Å². The van der Waals surface area contributed by atoms with Crippen molar-refractivity contribution < 1.29 is 17.1 Å². The molecule has 2 rings (SSSR count). The van der Waals surface area contributed by atoms with E-state index in [4.69, 9.17) is 0 Å². The topological polar surface area (TPSA) is 3.24 Å². The molecular weight excluding hydrogens is 354 g/mol. The van der Waals surface area contributed by atoms with Crippen LogP contribution in [0.15, 0.2) is 42.5 Å². The van der Waals surface area contributed by atoms with Crippen molar-refractivity contribution in [3.05, 3.63) is 48.0 Å². The average Bonchev–Trinajstić information content (AvgIpc) is 2.96. The molecule has 1 nitrogen and oxygen atoms in total. The van der Waals surface area contributed by atoms with E-state index in [1.165, 1.54) is 5.56 Å². The maximum atomic E-state index is 2.40. The Hall–Kier alpha value is -0.387. The molecule has 0 aromatic heterocycles. The molecule has 130 valence electrons. The molecule has 0 saturated heterocycles. The Morgan fingerprint density at radius 2 is 1.52 bits per heavy atom. The first-order valence-electron chi connectivity index (χ1n) is 8.14. The predicted octanol–water partition coefficient (Wildman–Crippen LogP) is 3.96. The SMILES string of the molecule is CN(C)Cc1cc[cH-]c1[Si](C)(C)C.C[Si](C)(C)c1cc[cH-]c1.[Fe+2]. The summed E-state index contributed by atoms with van der Waals surface area (Å²) in [6.45, 7) is 15.4. The van der Waals surface area contributed by atoms with Gasteiger partial charge in [-0.3, -0.25) is 0 Å². The van der Waals surface area contributed by atoms with Gasteiger partial charge >= 0.3 is 17.1 Å². The van der Waals surface area contributed by atoms with Gasteiger partial charge in [-0.05, 0) is 20.6 Å². The molecule has 0 aliphatic heterocycles. The van der Waals surface area contributed by atoms with Crippen molar-refractivity contribution in [1.29, 1.82) is 0 Å². The van der Waals surface area contributed by atoms with Crippen LogP contribution >= 0.6 is 0 Å². The third kappa shape index (κ3) is 7.82. The van der Waals surface area contributed by atoms with Crippen LogP contribution in [0.5, 0.6) is 0 Å². The van der Waals surface area contributed by atoms with Crippen molar-refractivity contribution in [1.82, 2.24) is 4.90 Å². The van der Waals surface area contributed by atoms with Gasteiger partial charge in [0.25, 0.3) is 0 Å². The zero-order valence-electron chi connectivity index (χ0n) is 16.0. The first kappa shape index (κ1) is 22.6. The summed E-state index contributed by atoms with van der Waals surface area (Å²) in [6, 6.07) is 15.4. The minimum Gasteiger partial charge on any atom is -0.317 e. The van der Waals surface area contributed by atoms with Crippen molar-refractivity contribution >= 4 is 26.5 Å². The second kappa shape index (κ2) is 9.19.